The van der Waals surface area contributed by atoms with Gasteiger partial charge in [0.1, 0.15) is 13.1 Å². The van der Waals surface area contributed by atoms with Gasteiger partial charge in [-0.1, -0.05) is 38.1 Å². The summed E-state index contributed by atoms with van der Waals surface area (Å²) >= 11 is 0. The van der Waals surface area contributed by atoms with E-state index in [0.29, 0.717) is 18.0 Å². The molecular weight excluding hydrogens is 220 g/mol. The van der Waals surface area contributed by atoms with Crippen LogP contribution in [0.25, 0.3) is 0 Å². The van der Waals surface area contributed by atoms with Crippen molar-refractivity contribution in [3.8, 4) is 0 Å². The van der Waals surface area contributed by atoms with Crippen molar-refractivity contribution in [1.29, 1.82) is 0 Å². The van der Waals surface area contributed by atoms with Gasteiger partial charge in [0.05, 0.1) is 12.0 Å². The van der Waals surface area contributed by atoms with E-state index < -0.39 is 0 Å². The minimum Gasteiger partial charge on any atom is -0.259 e. The average molecular weight is 243 g/mol. The van der Waals surface area contributed by atoms with Gasteiger partial charge in [0, 0.05) is 11.1 Å². The fraction of sp³-hybridized carbons (Fsp3) is 0.562. The lowest BCUT2D eigenvalue weighted by Crippen LogP contribution is -2.38. The summed E-state index contributed by atoms with van der Waals surface area (Å²) in [4.78, 5) is 2.59. The van der Waals surface area contributed by atoms with Gasteiger partial charge in [-0.05, 0) is 13.8 Å². The molecule has 3 rings (SSSR count). The molecule has 2 aliphatic rings. The Morgan fingerprint density at radius 3 is 2.56 bits per heavy atom. The summed E-state index contributed by atoms with van der Waals surface area (Å²) in [5, 5.41) is 0. The Kier molecular flexibility index (Phi) is 2.69. The second kappa shape index (κ2) is 4.11. The van der Waals surface area contributed by atoms with Crippen molar-refractivity contribution < 1.29 is 4.58 Å². The zero-order chi connectivity index (χ0) is 12.9. The van der Waals surface area contributed by atoms with Crippen LogP contribution in [0.4, 0.5) is 0 Å². The third-order valence-corrected chi connectivity index (χ3v) is 4.23. The fourth-order valence-corrected chi connectivity index (χ4v) is 3.49. The highest BCUT2D eigenvalue weighted by Gasteiger charge is 2.45. The predicted molar refractivity (Wildman–Crippen MR) is 74.8 cm³/mol. The molecule has 2 heterocycles. The molecule has 96 valence electrons. The normalized spacial score (nSPS) is 22.1. The second-order valence-electron chi connectivity index (χ2n) is 6.10. The lowest BCUT2D eigenvalue weighted by Gasteiger charge is -2.20. The number of benzene rings is 1. The first-order valence-corrected chi connectivity index (χ1v) is 7.07. The highest BCUT2D eigenvalue weighted by Crippen LogP contribution is 2.36. The van der Waals surface area contributed by atoms with E-state index in [1.807, 2.05) is 0 Å². The maximum absolute atomic E-state index is 2.62. The highest BCUT2D eigenvalue weighted by atomic mass is 15.3. The van der Waals surface area contributed by atoms with E-state index in [0.717, 1.165) is 13.1 Å². The number of hydrogen-bond donors (Lipinski definition) is 0. The number of fused-ring (bicyclic) bond motifs is 3. The molecule has 1 atom stereocenters. The molecule has 0 unspecified atom stereocenters. The predicted octanol–water partition coefficient (Wildman–Crippen LogP) is 3.03. The molecule has 0 amide bonds. The van der Waals surface area contributed by atoms with Crippen LogP contribution in [0, 0.1) is 5.92 Å². The van der Waals surface area contributed by atoms with Crippen LogP contribution >= 0.6 is 0 Å². The summed E-state index contributed by atoms with van der Waals surface area (Å²) in [6.07, 6.45) is 0. The van der Waals surface area contributed by atoms with E-state index in [2.05, 4.69) is 61.4 Å². The molecule has 0 saturated carbocycles. The van der Waals surface area contributed by atoms with Gasteiger partial charge in [-0.15, -0.1) is 0 Å². The number of rotatable bonds is 2. The van der Waals surface area contributed by atoms with Crippen LogP contribution in [0.15, 0.2) is 24.3 Å². The van der Waals surface area contributed by atoms with E-state index in [-0.39, 0.29) is 0 Å². The Morgan fingerprint density at radius 2 is 1.89 bits per heavy atom. The first kappa shape index (κ1) is 11.8. The Hall–Kier alpha value is -1.31. The third-order valence-electron chi connectivity index (χ3n) is 4.23. The summed E-state index contributed by atoms with van der Waals surface area (Å²) in [6, 6.07) is 10.1. The molecular formula is C16H23N2+. The van der Waals surface area contributed by atoms with Crippen molar-refractivity contribution in [2.24, 2.45) is 5.92 Å². The van der Waals surface area contributed by atoms with E-state index in [4.69, 9.17) is 0 Å². The average Bonchev–Trinajstić information content (AvgIpc) is 2.83. The lowest BCUT2D eigenvalue weighted by molar-refractivity contribution is -0.567. The Morgan fingerprint density at radius 1 is 1.17 bits per heavy atom. The molecule has 0 fully saturated rings. The monoisotopic (exact) mass is 243 g/mol. The standard InChI is InChI=1S/C16H23N2/c1-11(2)16-17(12(3)4)10-15-14-8-6-5-7-13(14)9-18(15)16/h5-8,11-12,15H,9-10H2,1-4H3/q+1/t15-/m0/s1. The minimum absolute atomic E-state index is 0.584. The smallest absolute Gasteiger partial charge is 0.250 e. The molecule has 0 bridgehead atoms. The molecule has 0 aliphatic carbocycles. The molecule has 2 heteroatoms. The highest BCUT2D eigenvalue weighted by molar-refractivity contribution is 5.81. The largest absolute Gasteiger partial charge is 0.259 e. The molecule has 18 heavy (non-hydrogen) atoms. The molecule has 0 saturated heterocycles. The molecule has 0 aromatic heterocycles. The van der Waals surface area contributed by atoms with Crippen molar-refractivity contribution >= 4 is 5.84 Å². The number of hydrogen-bond acceptors (Lipinski definition) is 1. The van der Waals surface area contributed by atoms with Crippen molar-refractivity contribution in [2.75, 3.05) is 6.54 Å². The van der Waals surface area contributed by atoms with E-state index in [9.17, 15) is 0 Å². The van der Waals surface area contributed by atoms with Crippen molar-refractivity contribution in [3.63, 3.8) is 0 Å². The molecule has 2 nitrogen and oxygen atoms in total. The van der Waals surface area contributed by atoms with Gasteiger partial charge in [0.25, 0.3) is 5.84 Å². The molecule has 0 N–H and O–H groups in total. The van der Waals surface area contributed by atoms with Crippen LogP contribution in [-0.2, 0) is 6.54 Å². The van der Waals surface area contributed by atoms with Crippen molar-refractivity contribution in [2.45, 2.75) is 46.3 Å². The van der Waals surface area contributed by atoms with Crippen LogP contribution in [0.2, 0.25) is 0 Å². The molecule has 1 aromatic rings. The molecule has 0 spiro atoms. The van der Waals surface area contributed by atoms with Crippen LogP contribution in [0.3, 0.4) is 0 Å². The third kappa shape index (κ3) is 1.58. The first-order chi connectivity index (χ1) is 8.59. The van der Waals surface area contributed by atoms with Gasteiger partial charge in [0.2, 0.25) is 0 Å². The Bertz CT molecular complexity index is 500. The maximum Gasteiger partial charge on any atom is 0.250 e. The van der Waals surface area contributed by atoms with E-state index in [1.54, 1.807) is 5.56 Å². The van der Waals surface area contributed by atoms with E-state index >= 15 is 0 Å². The van der Waals surface area contributed by atoms with Gasteiger partial charge in [-0.2, -0.15) is 0 Å². The Balaban J connectivity index is 2.06. The zero-order valence-electron chi connectivity index (χ0n) is 11.9. The van der Waals surface area contributed by atoms with Gasteiger partial charge in [-0.3, -0.25) is 9.48 Å². The zero-order valence-corrected chi connectivity index (χ0v) is 11.9. The topological polar surface area (TPSA) is 6.25 Å². The van der Waals surface area contributed by atoms with E-state index in [1.165, 1.54) is 11.4 Å². The van der Waals surface area contributed by atoms with Crippen LogP contribution in [0.5, 0.6) is 0 Å². The summed E-state index contributed by atoms with van der Waals surface area (Å²) in [5.74, 6) is 2.14. The fourth-order valence-electron chi connectivity index (χ4n) is 3.49. The summed E-state index contributed by atoms with van der Waals surface area (Å²) in [5.41, 5.74) is 3.06. The van der Waals surface area contributed by atoms with Gasteiger partial charge >= 0.3 is 0 Å². The Labute approximate surface area is 110 Å². The molecule has 1 aromatic carbocycles. The first-order valence-electron chi connectivity index (χ1n) is 7.07. The second-order valence-corrected chi connectivity index (χ2v) is 6.10. The summed E-state index contributed by atoms with van der Waals surface area (Å²) < 4.78 is 2.62. The maximum atomic E-state index is 2.62. The van der Waals surface area contributed by atoms with Crippen LogP contribution < -0.4 is 0 Å². The quantitative estimate of drug-likeness (QED) is 0.724. The van der Waals surface area contributed by atoms with Crippen LogP contribution in [-0.4, -0.2) is 27.9 Å². The molecule has 0 radical (unpaired) electrons. The van der Waals surface area contributed by atoms with Gasteiger partial charge < -0.3 is 0 Å². The molecule has 2 aliphatic heterocycles. The lowest BCUT2D eigenvalue weighted by atomic mass is 10.0. The summed E-state index contributed by atoms with van der Waals surface area (Å²) in [7, 11) is 0. The SMILES string of the molecule is CC(C)C1=[N+]2Cc3ccccc3[C@@H]2CN1C(C)C. The van der Waals surface area contributed by atoms with Gasteiger partial charge in [0.15, 0.2) is 6.04 Å². The van der Waals surface area contributed by atoms with Gasteiger partial charge in [-0.25, -0.2) is 0 Å². The van der Waals surface area contributed by atoms with Crippen LogP contribution in [0.1, 0.15) is 44.9 Å². The van der Waals surface area contributed by atoms with Crippen molar-refractivity contribution in [3.05, 3.63) is 35.4 Å². The van der Waals surface area contributed by atoms with Crippen molar-refractivity contribution in [1.82, 2.24) is 4.90 Å². The minimum atomic E-state index is 0.584. The number of amidine groups is 1. The summed E-state index contributed by atoms with van der Waals surface area (Å²) in [6.45, 7) is 11.5. The number of nitrogens with zero attached hydrogens (tertiary/aromatic N) is 2.